The van der Waals surface area contributed by atoms with Crippen LogP contribution in [0, 0.1) is 0 Å². The molecule has 0 atom stereocenters. The van der Waals surface area contributed by atoms with E-state index >= 15 is 0 Å². The fourth-order valence-corrected chi connectivity index (χ4v) is 4.06. The maximum absolute atomic E-state index is 13.5. The zero-order valence-corrected chi connectivity index (χ0v) is 17.4. The minimum absolute atomic E-state index is 0.142. The fraction of sp³-hybridized carbons (Fsp3) is 0.273. The average molecular weight is 481 g/mol. The van der Waals surface area contributed by atoms with Crippen LogP contribution in [0.1, 0.15) is 11.1 Å². The summed E-state index contributed by atoms with van der Waals surface area (Å²) in [6.45, 7) is 1.08. The minimum atomic E-state index is -4.55. The highest BCUT2D eigenvalue weighted by atomic mass is 19.4. The summed E-state index contributed by atoms with van der Waals surface area (Å²) in [5.74, 6) is 0.201. The van der Waals surface area contributed by atoms with E-state index < -0.39 is 23.5 Å². The number of halogens is 6. The van der Waals surface area contributed by atoms with Crippen LogP contribution in [-0.4, -0.2) is 41.1 Å². The SMILES string of the molecule is FC(F)(F)c1cc(-c2ccoc2)c2nc(N3CCN(c4ncccc4C(F)(F)F)CC3)[nH]c2c1. The number of imidazole rings is 1. The zero-order chi connectivity index (χ0) is 24.1. The third-order valence-corrected chi connectivity index (χ3v) is 5.70. The standard InChI is InChI=1S/C22H17F6N5O/c23-21(24,25)14-10-15(13-3-9-34-12-13)18-17(11-14)30-20(31-18)33-7-5-32(6-8-33)19-16(22(26,27)28)2-1-4-29-19/h1-4,9-12H,5-8H2,(H,30,31). The molecule has 1 N–H and O–H groups in total. The molecule has 178 valence electrons. The van der Waals surface area contributed by atoms with Gasteiger partial charge in [-0.05, 0) is 30.3 Å². The first-order chi connectivity index (χ1) is 16.1. The number of hydrogen-bond acceptors (Lipinski definition) is 5. The van der Waals surface area contributed by atoms with Crippen molar-refractivity contribution in [2.75, 3.05) is 36.0 Å². The van der Waals surface area contributed by atoms with Gasteiger partial charge in [0, 0.05) is 43.5 Å². The molecule has 1 aliphatic rings. The van der Waals surface area contributed by atoms with Gasteiger partial charge in [0.05, 0.1) is 34.7 Å². The van der Waals surface area contributed by atoms with Gasteiger partial charge in [-0.3, -0.25) is 0 Å². The minimum Gasteiger partial charge on any atom is -0.472 e. The van der Waals surface area contributed by atoms with Crippen LogP contribution >= 0.6 is 0 Å². The largest absolute Gasteiger partial charge is 0.472 e. The number of nitrogens with one attached hydrogen (secondary N) is 1. The second-order valence-electron chi connectivity index (χ2n) is 7.84. The van der Waals surface area contributed by atoms with Crippen LogP contribution in [0.3, 0.4) is 0 Å². The molecular formula is C22H17F6N5O. The van der Waals surface area contributed by atoms with Crippen molar-refractivity contribution in [2.24, 2.45) is 0 Å². The van der Waals surface area contributed by atoms with Crippen LogP contribution in [0.4, 0.5) is 38.1 Å². The van der Waals surface area contributed by atoms with Crippen molar-refractivity contribution in [2.45, 2.75) is 12.4 Å². The number of pyridine rings is 1. The molecule has 5 rings (SSSR count). The number of hydrogen-bond donors (Lipinski definition) is 1. The number of aromatic nitrogens is 3. The van der Waals surface area contributed by atoms with E-state index in [9.17, 15) is 26.3 Å². The lowest BCUT2D eigenvalue weighted by Crippen LogP contribution is -2.47. The van der Waals surface area contributed by atoms with Gasteiger partial charge in [-0.2, -0.15) is 26.3 Å². The molecule has 12 heteroatoms. The summed E-state index contributed by atoms with van der Waals surface area (Å²) in [4.78, 5) is 14.7. The lowest BCUT2D eigenvalue weighted by atomic mass is 10.0. The summed E-state index contributed by atoms with van der Waals surface area (Å²) in [6.07, 6.45) is -5.07. The Labute approximate surface area is 188 Å². The molecule has 4 aromatic rings. The van der Waals surface area contributed by atoms with E-state index in [1.165, 1.54) is 24.8 Å². The molecular weight excluding hydrogens is 464 g/mol. The van der Waals surface area contributed by atoms with E-state index in [1.54, 1.807) is 15.9 Å². The Bertz CT molecular complexity index is 1300. The Kier molecular flexibility index (Phi) is 5.18. The predicted octanol–water partition coefficient (Wildman–Crippen LogP) is 5.58. The number of furan rings is 1. The van der Waals surface area contributed by atoms with Crippen LogP contribution in [0.2, 0.25) is 0 Å². The number of rotatable bonds is 3. The highest BCUT2D eigenvalue weighted by molar-refractivity contribution is 5.94. The van der Waals surface area contributed by atoms with Gasteiger partial charge in [-0.1, -0.05) is 0 Å². The van der Waals surface area contributed by atoms with Gasteiger partial charge in [-0.15, -0.1) is 0 Å². The smallest absolute Gasteiger partial charge is 0.419 e. The number of anilines is 2. The van der Waals surface area contributed by atoms with Gasteiger partial charge in [0.1, 0.15) is 5.82 Å². The zero-order valence-electron chi connectivity index (χ0n) is 17.4. The van der Waals surface area contributed by atoms with Crippen molar-refractivity contribution in [3.8, 4) is 11.1 Å². The molecule has 0 spiro atoms. The van der Waals surface area contributed by atoms with E-state index in [1.807, 2.05) is 0 Å². The maximum Gasteiger partial charge on any atom is 0.419 e. The van der Waals surface area contributed by atoms with E-state index in [-0.39, 0.29) is 30.0 Å². The summed E-state index contributed by atoms with van der Waals surface area (Å²) >= 11 is 0. The number of piperazine rings is 1. The molecule has 0 bridgehead atoms. The molecule has 3 aromatic heterocycles. The topological polar surface area (TPSA) is 61.2 Å². The third kappa shape index (κ3) is 4.03. The second kappa shape index (κ2) is 7.96. The van der Waals surface area contributed by atoms with Crippen molar-refractivity contribution in [1.82, 2.24) is 15.0 Å². The molecule has 4 heterocycles. The second-order valence-corrected chi connectivity index (χ2v) is 7.84. The van der Waals surface area contributed by atoms with Crippen molar-refractivity contribution >= 4 is 22.8 Å². The number of alkyl halides is 6. The van der Waals surface area contributed by atoms with Gasteiger partial charge in [0.25, 0.3) is 0 Å². The number of H-pyrrole nitrogens is 1. The van der Waals surface area contributed by atoms with Crippen LogP contribution in [0.5, 0.6) is 0 Å². The normalized spacial score (nSPS) is 15.4. The monoisotopic (exact) mass is 481 g/mol. The Balaban J connectivity index is 1.44. The summed E-state index contributed by atoms with van der Waals surface area (Å²) in [7, 11) is 0. The summed E-state index contributed by atoms with van der Waals surface area (Å²) in [5, 5.41) is 0. The molecule has 0 amide bonds. The van der Waals surface area contributed by atoms with Gasteiger partial charge < -0.3 is 19.2 Å². The highest BCUT2D eigenvalue weighted by Crippen LogP contribution is 2.38. The van der Waals surface area contributed by atoms with Crippen LogP contribution < -0.4 is 9.80 Å². The number of aromatic amines is 1. The molecule has 0 saturated carbocycles. The molecule has 0 radical (unpaired) electrons. The average Bonchev–Trinajstić information content (AvgIpc) is 3.47. The maximum atomic E-state index is 13.5. The van der Waals surface area contributed by atoms with Gasteiger partial charge in [-0.25, -0.2) is 9.97 Å². The number of benzene rings is 1. The van der Waals surface area contributed by atoms with Crippen molar-refractivity contribution in [1.29, 1.82) is 0 Å². The van der Waals surface area contributed by atoms with Gasteiger partial charge in [0.2, 0.25) is 5.95 Å². The number of fused-ring (bicyclic) bond motifs is 1. The third-order valence-electron chi connectivity index (χ3n) is 5.70. The Hall–Kier alpha value is -3.70. The first-order valence-corrected chi connectivity index (χ1v) is 10.3. The first-order valence-electron chi connectivity index (χ1n) is 10.3. The quantitative estimate of drug-likeness (QED) is 0.387. The molecule has 1 saturated heterocycles. The van der Waals surface area contributed by atoms with Crippen molar-refractivity contribution < 1.29 is 30.8 Å². The van der Waals surface area contributed by atoms with Crippen LogP contribution in [0.15, 0.2) is 53.5 Å². The summed E-state index contributed by atoms with van der Waals surface area (Å²) < 4.78 is 85.5. The molecule has 34 heavy (non-hydrogen) atoms. The fourth-order valence-electron chi connectivity index (χ4n) is 4.06. The van der Waals surface area contributed by atoms with E-state index in [2.05, 4.69) is 15.0 Å². The highest BCUT2D eigenvalue weighted by Gasteiger charge is 2.36. The lowest BCUT2D eigenvalue weighted by molar-refractivity contribution is -0.138. The summed E-state index contributed by atoms with van der Waals surface area (Å²) in [6, 6.07) is 5.80. The molecule has 0 aliphatic carbocycles. The van der Waals surface area contributed by atoms with Crippen molar-refractivity contribution in [3.05, 3.63) is 60.2 Å². The summed E-state index contributed by atoms with van der Waals surface area (Å²) in [5.41, 5.74) is -0.372. The van der Waals surface area contributed by atoms with Gasteiger partial charge >= 0.3 is 12.4 Å². The van der Waals surface area contributed by atoms with Crippen LogP contribution in [-0.2, 0) is 12.4 Å². The van der Waals surface area contributed by atoms with Crippen molar-refractivity contribution in [3.63, 3.8) is 0 Å². The molecule has 1 fully saturated rings. The first kappa shape index (κ1) is 22.1. The Morgan fingerprint density at radius 2 is 1.65 bits per heavy atom. The van der Waals surface area contributed by atoms with E-state index in [4.69, 9.17) is 4.42 Å². The number of nitrogens with zero attached hydrogens (tertiary/aromatic N) is 4. The lowest BCUT2D eigenvalue weighted by Gasteiger charge is -2.36. The Morgan fingerprint density at radius 3 is 2.29 bits per heavy atom. The Morgan fingerprint density at radius 1 is 0.912 bits per heavy atom. The van der Waals surface area contributed by atoms with E-state index in [0.29, 0.717) is 30.1 Å². The molecule has 1 aromatic carbocycles. The predicted molar refractivity (Wildman–Crippen MR) is 112 cm³/mol. The molecule has 6 nitrogen and oxygen atoms in total. The molecule has 1 aliphatic heterocycles. The molecule has 0 unspecified atom stereocenters. The van der Waals surface area contributed by atoms with Gasteiger partial charge in [0.15, 0.2) is 0 Å². The van der Waals surface area contributed by atoms with Crippen LogP contribution in [0.25, 0.3) is 22.2 Å². The van der Waals surface area contributed by atoms with E-state index in [0.717, 1.165) is 18.2 Å².